The van der Waals surface area contributed by atoms with Gasteiger partial charge in [0.05, 0.1) is 0 Å². The maximum atomic E-state index is 12.6. The first kappa shape index (κ1) is 16.1. The first-order valence-electron chi connectivity index (χ1n) is 8.39. The highest BCUT2D eigenvalue weighted by atomic mass is 16.5. The molecule has 3 aromatic rings. The molecule has 0 spiro atoms. The molecule has 7 nitrogen and oxygen atoms in total. The average molecular weight is 351 g/mol. The number of piperazine rings is 1. The van der Waals surface area contributed by atoms with Crippen LogP contribution in [0.4, 0.5) is 0 Å². The predicted molar refractivity (Wildman–Crippen MR) is 93.4 cm³/mol. The SMILES string of the molecule is O=C(c1cc2ccccc2o1)N1CCN(C(=O)c2cccc[n+]2[O-])CC1. The Balaban J connectivity index is 1.44. The summed E-state index contributed by atoms with van der Waals surface area (Å²) in [6.45, 7) is 1.54. The van der Waals surface area contributed by atoms with Crippen molar-refractivity contribution in [2.24, 2.45) is 0 Å². The van der Waals surface area contributed by atoms with Gasteiger partial charge in [-0.3, -0.25) is 9.59 Å². The van der Waals surface area contributed by atoms with E-state index in [0.29, 0.717) is 42.3 Å². The van der Waals surface area contributed by atoms with E-state index in [1.807, 2.05) is 24.3 Å². The Kier molecular flexibility index (Phi) is 4.04. The lowest BCUT2D eigenvalue weighted by Gasteiger charge is -2.33. The van der Waals surface area contributed by atoms with Crippen LogP contribution < -0.4 is 4.73 Å². The van der Waals surface area contributed by atoms with Crippen molar-refractivity contribution in [2.45, 2.75) is 0 Å². The predicted octanol–water partition coefficient (Wildman–Crippen LogP) is 1.66. The number of nitrogens with zero attached hydrogens (tertiary/aromatic N) is 3. The molecule has 0 N–H and O–H groups in total. The molecule has 0 aliphatic carbocycles. The van der Waals surface area contributed by atoms with Gasteiger partial charge in [0.1, 0.15) is 5.58 Å². The van der Waals surface area contributed by atoms with Gasteiger partial charge in [-0.2, -0.15) is 4.73 Å². The Bertz CT molecular complexity index is 941. The van der Waals surface area contributed by atoms with Crippen LogP contribution in [0.2, 0.25) is 0 Å². The second-order valence-electron chi connectivity index (χ2n) is 6.14. The number of carbonyl (C=O) groups excluding carboxylic acids is 2. The summed E-state index contributed by atoms with van der Waals surface area (Å²) < 4.78 is 6.19. The Morgan fingerprint density at radius 1 is 0.923 bits per heavy atom. The van der Waals surface area contributed by atoms with E-state index in [9.17, 15) is 14.8 Å². The molecule has 1 saturated heterocycles. The van der Waals surface area contributed by atoms with Gasteiger partial charge in [0.15, 0.2) is 12.0 Å². The molecule has 1 aromatic carbocycles. The average Bonchev–Trinajstić information content (AvgIpc) is 3.11. The lowest BCUT2D eigenvalue weighted by Crippen LogP contribution is -2.52. The fourth-order valence-corrected chi connectivity index (χ4v) is 3.11. The van der Waals surface area contributed by atoms with Crippen LogP contribution in [0, 0.1) is 5.21 Å². The molecule has 3 heterocycles. The van der Waals surface area contributed by atoms with Crippen LogP contribution in [0.1, 0.15) is 21.0 Å². The third-order valence-corrected chi connectivity index (χ3v) is 4.53. The molecule has 0 atom stereocenters. The molecule has 1 fully saturated rings. The molecule has 132 valence electrons. The monoisotopic (exact) mass is 351 g/mol. The summed E-state index contributed by atoms with van der Waals surface area (Å²) in [4.78, 5) is 28.4. The Labute approximate surface area is 149 Å². The van der Waals surface area contributed by atoms with Crippen molar-refractivity contribution in [1.82, 2.24) is 9.80 Å². The molecule has 0 unspecified atom stereocenters. The van der Waals surface area contributed by atoms with E-state index in [1.165, 1.54) is 12.3 Å². The number of hydrogen-bond acceptors (Lipinski definition) is 4. The van der Waals surface area contributed by atoms with E-state index in [1.54, 1.807) is 28.0 Å². The van der Waals surface area contributed by atoms with Crippen LogP contribution in [0.15, 0.2) is 59.1 Å². The molecule has 0 bridgehead atoms. The van der Waals surface area contributed by atoms with Crippen LogP contribution in [-0.2, 0) is 0 Å². The Hall–Kier alpha value is -3.35. The minimum atomic E-state index is -0.323. The lowest BCUT2D eigenvalue weighted by molar-refractivity contribution is -0.608. The van der Waals surface area contributed by atoms with E-state index in [-0.39, 0.29) is 17.5 Å². The van der Waals surface area contributed by atoms with Gasteiger partial charge in [-0.1, -0.05) is 18.2 Å². The van der Waals surface area contributed by atoms with E-state index < -0.39 is 0 Å². The van der Waals surface area contributed by atoms with E-state index in [2.05, 4.69) is 0 Å². The standard InChI is InChI=1S/C19H17N3O4/c23-18(15-6-3-4-8-22(15)25)20-9-11-21(12-10-20)19(24)17-13-14-5-1-2-7-16(14)26-17/h1-8,13H,9-12H2. The van der Waals surface area contributed by atoms with E-state index >= 15 is 0 Å². The molecule has 2 aromatic heterocycles. The molecule has 26 heavy (non-hydrogen) atoms. The number of furan rings is 1. The van der Waals surface area contributed by atoms with Gasteiger partial charge >= 0.3 is 5.91 Å². The molecule has 7 heteroatoms. The molecule has 4 rings (SSSR count). The first-order chi connectivity index (χ1) is 12.6. The summed E-state index contributed by atoms with van der Waals surface area (Å²) >= 11 is 0. The molecule has 1 aliphatic rings. The quantitative estimate of drug-likeness (QED) is 0.519. The van der Waals surface area contributed by atoms with Gasteiger partial charge in [-0.25, -0.2) is 0 Å². The topological polar surface area (TPSA) is 80.7 Å². The van der Waals surface area contributed by atoms with Crippen molar-refractivity contribution in [3.05, 3.63) is 71.4 Å². The number of benzene rings is 1. The van der Waals surface area contributed by atoms with Gasteiger partial charge in [0.25, 0.3) is 11.6 Å². The number of aromatic nitrogens is 1. The summed E-state index contributed by atoms with van der Waals surface area (Å²) in [7, 11) is 0. The van der Waals surface area contributed by atoms with Gasteiger partial charge in [-0.05, 0) is 18.2 Å². The molecule has 0 saturated carbocycles. The number of fused-ring (bicyclic) bond motifs is 1. The summed E-state index contributed by atoms with van der Waals surface area (Å²) in [5.74, 6) is -0.213. The number of rotatable bonds is 2. The summed E-state index contributed by atoms with van der Waals surface area (Å²) in [6, 6.07) is 13.9. The van der Waals surface area contributed by atoms with E-state index in [4.69, 9.17) is 4.42 Å². The van der Waals surface area contributed by atoms with E-state index in [0.717, 1.165) is 5.39 Å². The highest BCUT2D eigenvalue weighted by Gasteiger charge is 2.29. The Morgan fingerprint density at radius 3 is 2.27 bits per heavy atom. The summed E-state index contributed by atoms with van der Waals surface area (Å²) in [6.07, 6.45) is 1.30. The van der Waals surface area contributed by atoms with Crippen LogP contribution in [0.25, 0.3) is 11.0 Å². The second kappa shape index (κ2) is 6.51. The van der Waals surface area contributed by atoms with Gasteiger partial charge in [0, 0.05) is 43.7 Å². The van der Waals surface area contributed by atoms with Crippen molar-refractivity contribution in [3.8, 4) is 0 Å². The third-order valence-electron chi connectivity index (χ3n) is 4.53. The highest BCUT2D eigenvalue weighted by Crippen LogP contribution is 2.20. The molecule has 2 amide bonds. The smallest absolute Gasteiger partial charge is 0.320 e. The first-order valence-corrected chi connectivity index (χ1v) is 8.39. The minimum Gasteiger partial charge on any atom is -0.618 e. The minimum absolute atomic E-state index is 0.0876. The largest absolute Gasteiger partial charge is 0.618 e. The normalized spacial score (nSPS) is 14.6. The highest BCUT2D eigenvalue weighted by molar-refractivity contribution is 5.96. The fourth-order valence-electron chi connectivity index (χ4n) is 3.11. The lowest BCUT2D eigenvalue weighted by atomic mass is 10.2. The molecular weight excluding hydrogens is 334 g/mol. The molecule has 0 radical (unpaired) electrons. The van der Waals surface area contributed by atoms with Gasteiger partial charge in [-0.15, -0.1) is 0 Å². The third kappa shape index (κ3) is 2.88. The van der Waals surface area contributed by atoms with Crippen molar-refractivity contribution in [3.63, 3.8) is 0 Å². The van der Waals surface area contributed by atoms with Crippen LogP contribution in [0.5, 0.6) is 0 Å². The summed E-state index contributed by atoms with van der Waals surface area (Å²) in [5, 5.41) is 12.6. The van der Waals surface area contributed by atoms with Gasteiger partial charge < -0.3 is 19.4 Å². The van der Waals surface area contributed by atoms with Crippen molar-refractivity contribution >= 4 is 22.8 Å². The zero-order chi connectivity index (χ0) is 18.1. The van der Waals surface area contributed by atoms with Crippen molar-refractivity contribution in [2.75, 3.05) is 26.2 Å². The number of amides is 2. The Morgan fingerprint density at radius 2 is 1.58 bits per heavy atom. The van der Waals surface area contributed by atoms with Crippen molar-refractivity contribution in [1.29, 1.82) is 0 Å². The molecular formula is C19H17N3O4. The zero-order valence-electron chi connectivity index (χ0n) is 14.0. The van der Waals surface area contributed by atoms with Crippen molar-refractivity contribution < 1.29 is 18.7 Å². The van der Waals surface area contributed by atoms with Crippen LogP contribution in [0.3, 0.4) is 0 Å². The van der Waals surface area contributed by atoms with Crippen LogP contribution in [-0.4, -0.2) is 47.8 Å². The fraction of sp³-hybridized carbons (Fsp3) is 0.211. The maximum Gasteiger partial charge on any atom is 0.320 e. The number of carbonyl (C=O) groups is 2. The summed E-state index contributed by atoms with van der Waals surface area (Å²) in [5.41, 5.74) is 0.762. The van der Waals surface area contributed by atoms with Gasteiger partial charge in [0.2, 0.25) is 0 Å². The number of hydrogen-bond donors (Lipinski definition) is 0. The maximum absolute atomic E-state index is 12.6. The van der Waals surface area contributed by atoms with Crippen LogP contribution >= 0.6 is 0 Å². The zero-order valence-corrected chi connectivity index (χ0v) is 14.0. The second-order valence-corrected chi connectivity index (χ2v) is 6.14. The number of para-hydroxylation sites is 1. The molecule has 1 aliphatic heterocycles. The number of pyridine rings is 1.